The van der Waals surface area contributed by atoms with Crippen molar-refractivity contribution >= 4 is 25.5 Å². The van der Waals surface area contributed by atoms with Gasteiger partial charge in [0.15, 0.2) is 0 Å². The molecule has 0 heterocycles. The van der Waals surface area contributed by atoms with Crippen molar-refractivity contribution in [2.45, 2.75) is 6.92 Å². The zero-order valence-corrected chi connectivity index (χ0v) is 11.7. The van der Waals surface area contributed by atoms with Crippen LogP contribution >= 0.6 is 0 Å². The molecule has 1 aromatic rings. The minimum atomic E-state index is -3.80. The number of phenolic OH excluding ortho intramolecular Hbond substituents is 1. The molecule has 0 spiro atoms. The third-order valence-corrected chi connectivity index (χ3v) is 4.69. The quantitative estimate of drug-likeness (QED) is 0.769. The smallest absolute Gasteiger partial charge is 0.233 e. The minimum absolute atomic E-state index is 0.0750. The number of hydrogen-bond acceptors (Lipinski definition) is 5. The van der Waals surface area contributed by atoms with Crippen molar-refractivity contribution in [3.05, 3.63) is 23.8 Å². The molecular weight excluding hydrogens is 278 g/mol. The Bertz CT molecular complexity index is 614. The summed E-state index contributed by atoms with van der Waals surface area (Å²) >= 11 is 0. The van der Waals surface area contributed by atoms with Crippen LogP contribution in [0.4, 0.5) is 5.69 Å². The molecule has 2 N–H and O–H groups in total. The average molecular weight is 293 g/mol. The monoisotopic (exact) mass is 293 g/mol. The van der Waals surface area contributed by atoms with Crippen LogP contribution in [0.1, 0.15) is 5.56 Å². The Kier molecular flexibility index (Phi) is 4.23. The number of sulfone groups is 1. The highest BCUT2D eigenvalue weighted by Gasteiger charge is 2.17. The average Bonchev–Trinajstić information content (AvgIpc) is 2.20. The molecule has 0 aromatic heterocycles. The summed E-state index contributed by atoms with van der Waals surface area (Å²) in [7, 11) is -7.15. The van der Waals surface area contributed by atoms with E-state index in [4.69, 9.17) is 0 Å². The molecule has 18 heavy (non-hydrogen) atoms. The molecule has 0 saturated carbocycles. The number of hydrogen-bond donors (Lipinski definition) is 2. The van der Waals surface area contributed by atoms with Gasteiger partial charge in [0, 0.05) is 6.26 Å². The zero-order chi connectivity index (χ0) is 14.0. The Morgan fingerprint density at radius 3 is 2.28 bits per heavy atom. The molecule has 102 valence electrons. The highest BCUT2D eigenvalue weighted by atomic mass is 32.2. The predicted molar refractivity (Wildman–Crippen MR) is 70.0 cm³/mol. The van der Waals surface area contributed by atoms with Crippen LogP contribution in [0.3, 0.4) is 0 Å². The number of nitrogens with one attached hydrogen (secondary N) is 1. The van der Waals surface area contributed by atoms with E-state index in [2.05, 4.69) is 4.72 Å². The third kappa shape index (κ3) is 4.53. The Balaban J connectivity index is 2.90. The minimum Gasteiger partial charge on any atom is -0.506 e. The van der Waals surface area contributed by atoms with E-state index in [1.54, 1.807) is 19.1 Å². The van der Waals surface area contributed by atoms with Gasteiger partial charge in [-0.3, -0.25) is 4.72 Å². The van der Waals surface area contributed by atoms with Crippen LogP contribution in [0.15, 0.2) is 18.2 Å². The largest absolute Gasteiger partial charge is 0.506 e. The van der Waals surface area contributed by atoms with Gasteiger partial charge in [-0.2, -0.15) is 0 Å². The second kappa shape index (κ2) is 5.15. The van der Waals surface area contributed by atoms with Gasteiger partial charge in [0.05, 0.1) is 17.2 Å². The van der Waals surface area contributed by atoms with Crippen molar-refractivity contribution in [2.75, 3.05) is 22.5 Å². The normalized spacial score (nSPS) is 12.3. The summed E-state index contributed by atoms with van der Waals surface area (Å²) in [4.78, 5) is 0. The molecule has 0 saturated heterocycles. The van der Waals surface area contributed by atoms with Crippen molar-refractivity contribution in [2.24, 2.45) is 0 Å². The van der Waals surface area contributed by atoms with Crippen LogP contribution in [-0.2, 0) is 19.9 Å². The first-order valence-corrected chi connectivity index (χ1v) is 8.79. The van der Waals surface area contributed by atoms with Crippen molar-refractivity contribution < 1.29 is 21.9 Å². The van der Waals surface area contributed by atoms with Crippen molar-refractivity contribution in [3.8, 4) is 5.75 Å². The third-order valence-electron chi connectivity index (χ3n) is 2.23. The number of rotatable bonds is 5. The van der Waals surface area contributed by atoms with Crippen molar-refractivity contribution in [1.29, 1.82) is 0 Å². The standard InChI is InChI=1S/C10H15NO5S2/c1-8-4-3-5-9(12)10(8)11-18(15,16)7-6-17(2,13)14/h3-5,11-12H,6-7H2,1-2H3. The summed E-state index contributed by atoms with van der Waals surface area (Å²) in [6.07, 6.45) is 0.966. The second-order valence-electron chi connectivity index (χ2n) is 4.02. The molecule has 0 aliphatic heterocycles. The van der Waals surface area contributed by atoms with Crippen LogP contribution in [-0.4, -0.2) is 39.7 Å². The lowest BCUT2D eigenvalue weighted by Gasteiger charge is -2.11. The van der Waals surface area contributed by atoms with E-state index in [1.807, 2.05) is 0 Å². The van der Waals surface area contributed by atoms with E-state index in [9.17, 15) is 21.9 Å². The predicted octanol–water partition coefficient (Wildman–Crippen LogP) is 0.487. The molecule has 1 aromatic carbocycles. The number of aromatic hydroxyl groups is 1. The van der Waals surface area contributed by atoms with E-state index in [0.717, 1.165) is 6.26 Å². The van der Waals surface area contributed by atoms with Crippen LogP contribution in [0.25, 0.3) is 0 Å². The lowest BCUT2D eigenvalue weighted by molar-refractivity contribution is 0.477. The molecule has 1 rings (SSSR count). The van der Waals surface area contributed by atoms with Crippen molar-refractivity contribution in [3.63, 3.8) is 0 Å². The van der Waals surface area contributed by atoms with Crippen LogP contribution in [0, 0.1) is 6.92 Å². The van der Waals surface area contributed by atoms with E-state index < -0.39 is 31.4 Å². The summed E-state index contributed by atoms with van der Waals surface area (Å²) in [5.41, 5.74) is 0.629. The fraction of sp³-hybridized carbons (Fsp3) is 0.400. The molecule has 6 nitrogen and oxygen atoms in total. The Morgan fingerprint density at radius 1 is 1.17 bits per heavy atom. The summed E-state index contributed by atoms with van der Waals surface area (Å²) in [5.74, 6) is -1.20. The molecule has 0 aliphatic rings. The number of aryl methyl sites for hydroxylation is 1. The maximum absolute atomic E-state index is 11.7. The summed E-state index contributed by atoms with van der Waals surface area (Å²) in [6.45, 7) is 1.63. The highest BCUT2D eigenvalue weighted by Crippen LogP contribution is 2.27. The highest BCUT2D eigenvalue weighted by molar-refractivity contribution is 7.95. The molecule has 0 radical (unpaired) electrons. The molecule has 0 atom stereocenters. The van der Waals surface area contributed by atoms with E-state index in [1.165, 1.54) is 6.07 Å². The van der Waals surface area contributed by atoms with Gasteiger partial charge in [-0.15, -0.1) is 0 Å². The Morgan fingerprint density at radius 2 is 1.78 bits per heavy atom. The Labute approximate surface area is 107 Å². The van der Waals surface area contributed by atoms with Gasteiger partial charge >= 0.3 is 0 Å². The van der Waals surface area contributed by atoms with Crippen molar-refractivity contribution in [1.82, 2.24) is 0 Å². The van der Waals surface area contributed by atoms with Crippen LogP contribution < -0.4 is 4.72 Å². The maximum atomic E-state index is 11.7. The van der Waals surface area contributed by atoms with E-state index >= 15 is 0 Å². The molecule has 0 fully saturated rings. The summed E-state index contributed by atoms with van der Waals surface area (Å²) < 4.78 is 47.4. The molecule has 0 unspecified atom stereocenters. The lowest BCUT2D eigenvalue weighted by Crippen LogP contribution is -2.22. The zero-order valence-electron chi connectivity index (χ0n) is 10.0. The van der Waals surface area contributed by atoms with Gasteiger partial charge in [0.25, 0.3) is 0 Å². The molecule has 8 heteroatoms. The summed E-state index contributed by atoms with van der Waals surface area (Å²) in [5, 5.41) is 9.54. The second-order valence-corrected chi connectivity index (χ2v) is 8.12. The summed E-state index contributed by atoms with van der Waals surface area (Å²) in [6, 6.07) is 4.56. The fourth-order valence-electron chi connectivity index (χ4n) is 1.25. The van der Waals surface area contributed by atoms with Gasteiger partial charge in [-0.1, -0.05) is 12.1 Å². The molecule has 0 aliphatic carbocycles. The topological polar surface area (TPSA) is 101 Å². The first-order chi connectivity index (χ1) is 8.11. The van der Waals surface area contributed by atoms with Gasteiger partial charge in [-0.05, 0) is 18.6 Å². The number of anilines is 1. The SMILES string of the molecule is Cc1cccc(O)c1NS(=O)(=O)CCS(C)(=O)=O. The first-order valence-electron chi connectivity index (χ1n) is 5.07. The van der Waals surface area contributed by atoms with Crippen LogP contribution in [0.2, 0.25) is 0 Å². The molecule has 0 bridgehead atoms. The van der Waals surface area contributed by atoms with Crippen LogP contribution in [0.5, 0.6) is 5.75 Å². The number of phenols is 1. The van der Waals surface area contributed by atoms with E-state index in [0.29, 0.717) is 5.56 Å². The number of benzene rings is 1. The molecule has 0 amide bonds. The van der Waals surface area contributed by atoms with Gasteiger partial charge in [0.2, 0.25) is 10.0 Å². The number of para-hydroxylation sites is 1. The Hall–Kier alpha value is -1.28. The van der Waals surface area contributed by atoms with Gasteiger partial charge in [-0.25, -0.2) is 16.8 Å². The van der Waals surface area contributed by atoms with Gasteiger partial charge in [0.1, 0.15) is 15.6 Å². The first kappa shape index (κ1) is 14.8. The maximum Gasteiger partial charge on any atom is 0.233 e. The molecular formula is C10H15NO5S2. The number of sulfonamides is 1. The lowest BCUT2D eigenvalue weighted by atomic mass is 10.2. The van der Waals surface area contributed by atoms with E-state index in [-0.39, 0.29) is 11.4 Å². The fourth-order valence-corrected chi connectivity index (χ4v) is 4.02. The van der Waals surface area contributed by atoms with Gasteiger partial charge < -0.3 is 5.11 Å².